The molecule has 2 heterocycles. The third kappa shape index (κ3) is 4.56. The molecule has 0 spiro atoms. The molecule has 9 heteroatoms. The fourth-order valence-corrected chi connectivity index (χ4v) is 2.78. The highest BCUT2D eigenvalue weighted by molar-refractivity contribution is 5.85. The van der Waals surface area contributed by atoms with E-state index in [2.05, 4.69) is 5.32 Å². The summed E-state index contributed by atoms with van der Waals surface area (Å²) in [6.07, 6.45) is -4.32. The molecular weight excluding hydrogens is 356 g/mol. The van der Waals surface area contributed by atoms with Gasteiger partial charge in [-0.25, -0.2) is 0 Å². The van der Waals surface area contributed by atoms with Crippen LogP contribution in [0.2, 0.25) is 0 Å². The van der Waals surface area contributed by atoms with Crippen LogP contribution in [0.3, 0.4) is 0 Å². The zero-order chi connectivity index (χ0) is 14.9. The van der Waals surface area contributed by atoms with Crippen molar-refractivity contribution >= 4 is 24.8 Å². The Morgan fingerprint density at radius 2 is 1.61 bits per heavy atom. The Hall–Kier alpha value is -0.890. The number of piperazine rings is 1. The molecular formula is C14H19Cl2F3N2O2. The van der Waals surface area contributed by atoms with Gasteiger partial charge in [-0.2, -0.15) is 13.2 Å². The Kier molecular flexibility index (Phi) is 7.26. The number of fused-ring (bicyclic) bond motifs is 1. The topological polar surface area (TPSA) is 33.7 Å². The summed E-state index contributed by atoms with van der Waals surface area (Å²) in [6.45, 7) is 2.67. The van der Waals surface area contributed by atoms with E-state index in [1.165, 1.54) is 17.0 Å². The fraction of sp³-hybridized carbons (Fsp3) is 0.571. The van der Waals surface area contributed by atoms with Crippen molar-refractivity contribution in [3.05, 3.63) is 23.8 Å². The van der Waals surface area contributed by atoms with Gasteiger partial charge in [-0.15, -0.1) is 24.8 Å². The maximum Gasteiger partial charge on any atom is 0.408 e. The minimum atomic E-state index is -4.32. The van der Waals surface area contributed by atoms with E-state index in [9.17, 15) is 13.2 Å². The van der Waals surface area contributed by atoms with Crippen LogP contribution in [0.5, 0.6) is 11.5 Å². The van der Waals surface area contributed by atoms with E-state index < -0.39 is 12.2 Å². The number of ether oxygens (including phenoxy) is 2. The molecule has 3 rings (SSSR count). The average molecular weight is 375 g/mol. The lowest BCUT2D eigenvalue weighted by molar-refractivity contribution is -0.187. The van der Waals surface area contributed by atoms with Crippen LogP contribution in [0.4, 0.5) is 13.2 Å². The lowest BCUT2D eigenvalue weighted by Crippen LogP contribution is -2.49. The number of halogens is 5. The van der Waals surface area contributed by atoms with Gasteiger partial charge in [-0.3, -0.25) is 4.90 Å². The molecule has 1 N–H and O–H groups in total. The number of alkyl halides is 3. The second-order valence-electron chi connectivity index (χ2n) is 5.13. The number of rotatable bonds is 2. The molecule has 0 aliphatic carbocycles. The molecule has 0 unspecified atom stereocenters. The van der Waals surface area contributed by atoms with Crippen LogP contribution in [-0.2, 0) is 0 Å². The van der Waals surface area contributed by atoms with Crippen molar-refractivity contribution in [3.63, 3.8) is 0 Å². The molecule has 132 valence electrons. The highest BCUT2D eigenvalue weighted by atomic mass is 35.5. The molecule has 0 bridgehead atoms. The lowest BCUT2D eigenvalue weighted by Gasteiger charge is -2.36. The van der Waals surface area contributed by atoms with Crippen LogP contribution < -0.4 is 14.8 Å². The van der Waals surface area contributed by atoms with Crippen LogP contribution in [0.15, 0.2) is 18.2 Å². The van der Waals surface area contributed by atoms with E-state index in [0.717, 1.165) is 0 Å². The predicted octanol–water partition coefficient (Wildman–Crippen LogP) is 2.81. The minimum Gasteiger partial charge on any atom is -0.486 e. The van der Waals surface area contributed by atoms with Crippen LogP contribution in [-0.4, -0.2) is 50.5 Å². The zero-order valence-electron chi connectivity index (χ0n) is 12.3. The Balaban J connectivity index is 0.00000132. The summed E-state index contributed by atoms with van der Waals surface area (Å²) in [6, 6.07) is 2.89. The van der Waals surface area contributed by atoms with Gasteiger partial charge in [0, 0.05) is 26.2 Å². The quantitative estimate of drug-likeness (QED) is 0.862. The van der Waals surface area contributed by atoms with Gasteiger partial charge in [-0.1, -0.05) is 6.07 Å². The van der Waals surface area contributed by atoms with Crippen molar-refractivity contribution in [2.75, 3.05) is 39.4 Å². The monoisotopic (exact) mass is 374 g/mol. The number of nitrogens with zero attached hydrogens (tertiary/aromatic N) is 1. The van der Waals surface area contributed by atoms with Crippen LogP contribution in [0.1, 0.15) is 11.6 Å². The van der Waals surface area contributed by atoms with Gasteiger partial charge in [0.15, 0.2) is 11.5 Å². The highest BCUT2D eigenvalue weighted by Crippen LogP contribution is 2.41. The highest BCUT2D eigenvalue weighted by Gasteiger charge is 2.45. The van der Waals surface area contributed by atoms with Crippen molar-refractivity contribution in [2.24, 2.45) is 0 Å². The molecule has 0 radical (unpaired) electrons. The van der Waals surface area contributed by atoms with Gasteiger partial charge >= 0.3 is 6.18 Å². The van der Waals surface area contributed by atoms with Gasteiger partial charge in [-0.05, 0) is 17.7 Å². The van der Waals surface area contributed by atoms with E-state index in [0.29, 0.717) is 50.9 Å². The molecule has 1 fully saturated rings. The summed E-state index contributed by atoms with van der Waals surface area (Å²) in [5.74, 6) is 0.898. The summed E-state index contributed by atoms with van der Waals surface area (Å²) in [5.41, 5.74) is 0.202. The smallest absolute Gasteiger partial charge is 0.408 e. The molecule has 2 aliphatic rings. The van der Waals surface area contributed by atoms with Gasteiger partial charge in [0.2, 0.25) is 0 Å². The normalized spacial score (nSPS) is 19.3. The van der Waals surface area contributed by atoms with Gasteiger partial charge < -0.3 is 14.8 Å². The standard InChI is InChI=1S/C14H17F3N2O2.2ClH/c15-14(16,17)13(19-5-3-18-4-6-19)10-1-2-11-12(9-10)21-8-7-20-11;;/h1-2,9,13,18H,3-8H2;2*1H/t13-;;/m1../s1. The van der Waals surface area contributed by atoms with Crippen molar-refractivity contribution in [1.82, 2.24) is 10.2 Å². The van der Waals surface area contributed by atoms with Gasteiger partial charge in [0.05, 0.1) is 0 Å². The van der Waals surface area contributed by atoms with E-state index in [4.69, 9.17) is 9.47 Å². The first-order valence-corrected chi connectivity index (χ1v) is 6.97. The number of hydrogen-bond donors (Lipinski definition) is 1. The molecule has 2 aliphatic heterocycles. The number of nitrogens with one attached hydrogen (secondary N) is 1. The molecule has 0 saturated carbocycles. The van der Waals surface area contributed by atoms with Gasteiger partial charge in [0.25, 0.3) is 0 Å². The van der Waals surface area contributed by atoms with E-state index in [1.54, 1.807) is 6.07 Å². The third-order valence-corrected chi connectivity index (χ3v) is 3.71. The van der Waals surface area contributed by atoms with Crippen molar-refractivity contribution in [1.29, 1.82) is 0 Å². The molecule has 4 nitrogen and oxygen atoms in total. The largest absolute Gasteiger partial charge is 0.486 e. The van der Waals surface area contributed by atoms with Crippen molar-refractivity contribution < 1.29 is 22.6 Å². The van der Waals surface area contributed by atoms with Crippen LogP contribution >= 0.6 is 24.8 Å². The van der Waals surface area contributed by atoms with Crippen LogP contribution in [0.25, 0.3) is 0 Å². The van der Waals surface area contributed by atoms with Crippen LogP contribution in [0, 0.1) is 0 Å². The lowest BCUT2D eigenvalue weighted by atomic mass is 10.0. The molecule has 1 saturated heterocycles. The molecule has 1 atom stereocenters. The van der Waals surface area contributed by atoms with Gasteiger partial charge in [0.1, 0.15) is 19.3 Å². The third-order valence-electron chi connectivity index (χ3n) is 3.71. The molecule has 0 aromatic heterocycles. The Morgan fingerprint density at radius 1 is 1.00 bits per heavy atom. The second kappa shape index (κ2) is 8.28. The predicted molar refractivity (Wildman–Crippen MR) is 85.2 cm³/mol. The first kappa shape index (κ1) is 20.2. The van der Waals surface area contributed by atoms with Crippen molar-refractivity contribution in [2.45, 2.75) is 12.2 Å². The SMILES string of the molecule is Cl.Cl.FC(F)(F)[C@@H](c1ccc2c(c1)OCCO2)N1CCNCC1. The van der Waals surface area contributed by atoms with E-state index in [-0.39, 0.29) is 30.4 Å². The maximum absolute atomic E-state index is 13.5. The Bertz CT molecular complexity index is 511. The minimum absolute atomic E-state index is 0. The Morgan fingerprint density at radius 3 is 2.22 bits per heavy atom. The zero-order valence-corrected chi connectivity index (χ0v) is 13.9. The van der Waals surface area contributed by atoms with E-state index >= 15 is 0 Å². The first-order valence-electron chi connectivity index (χ1n) is 6.97. The van der Waals surface area contributed by atoms with E-state index in [1.807, 2.05) is 0 Å². The number of benzene rings is 1. The fourth-order valence-electron chi connectivity index (χ4n) is 2.78. The summed E-state index contributed by atoms with van der Waals surface area (Å²) in [4.78, 5) is 1.46. The molecule has 23 heavy (non-hydrogen) atoms. The summed E-state index contributed by atoms with van der Waals surface area (Å²) >= 11 is 0. The first-order chi connectivity index (χ1) is 10.1. The summed E-state index contributed by atoms with van der Waals surface area (Å²) in [5, 5.41) is 3.07. The maximum atomic E-state index is 13.5. The molecule has 1 aromatic carbocycles. The van der Waals surface area contributed by atoms with Crippen molar-refractivity contribution in [3.8, 4) is 11.5 Å². The molecule has 0 amide bonds. The second-order valence-corrected chi connectivity index (χ2v) is 5.13. The summed E-state index contributed by atoms with van der Waals surface area (Å²) in [7, 11) is 0. The molecule has 1 aromatic rings. The Labute approximate surface area is 145 Å². The summed E-state index contributed by atoms with van der Waals surface area (Å²) < 4.78 is 51.2. The number of hydrogen-bond acceptors (Lipinski definition) is 4. The average Bonchev–Trinajstić information content (AvgIpc) is 2.47.